The minimum absolute atomic E-state index is 0.210. The standard InChI is InChI=1S/C13H17NOS/c1-2-11(9-15)14-8-12-7-10-5-3-4-6-13(10)16-12/h3-7,11,14-15H,2,8-9H2,1H3/t11-/m1/s1. The molecule has 0 unspecified atom stereocenters. The maximum absolute atomic E-state index is 9.08. The van der Waals surface area contributed by atoms with Gasteiger partial charge < -0.3 is 10.4 Å². The van der Waals surface area contributed by atoms with Gasteiger partial charge in [-0.05, 0) is 23.9 Å². The molecule has 0 aliphatic carbocycles. The van der Waals surface area contributed by atoms with Crippen molar-refractivity contribution in [3.05, 3.63) is 35.2 Å². The van der Waals surface area contributed by atoms with E-state index in [2.05, 4.69) is 42.6 Å². The van der Waals surface area contributed by atoms with Gasteiger partial charge in [0.2, 0.25) is 0 Å². The highest BCUT2D eigenvalue weighted by molar-refractivity contribution is 7.19. The van der Waals surface area contributed by atoms with Crippen molar-refractivity contribution >= 4 is 21.4 Å². The molecule has 1 heterocycles. The number of aliphatic hydroxyl groups is 1. The number of fused-ring (bicyclic) bond motifs is 1. The van der Waals surface area contributed by atoms with Crippen LogP contribution in [0.5, 0.6) is 0 Å². The summed E-state index contributed by atoms with van der Waals surface area (Å²) in [6, 6.07) is 10.8. The van der Waals surface area contributed by atoms with Crippen LogP contribution >= 0.6 is 11.3 Å². The third-order valence-electron chi connectivity index (χ3n) is 2.75. The molecule has 0 aliphatic rings. The number of hydrogen-bond donors (Lipinski definition) is 2. The average molecular weight is 235 g/mol. The predicted molar refractivity (Wildman–Crippen MR) is 69.8 cm³/mol. The van der Waals surface area contributed by atoms with Crippen LogP contribution in [0.2, 0.25) is 0 Å². The normalized spacial score (nSPS) is 13.1. The van der Waals surface area contributed by atoms with Gasteiger partial charge in [-0.3, -0.25) is 0 Å². The molecule has 2 rings (SSSR count). The smallest absolute Gasteiger partial charge is 0.0584 e. The fraction of sp³-hybridized carbons (Fsp3) is 0.385. The number of thiophene rings is 1. The van der Waals surface area contributed by atoms with Crippen LogP contribution in [0.25, 0.3) is 10.1 Å². The van der Waals surface area contributed by atoms with E-state index in [1.54, 1.807) is 0 Å². The fourth-order valence-electron chi connectivity index (χ4n) is 1.71. The molecule has 0 spiro atoms. The molecule has 2 aromatic rings. The Hall–Kier alpha value is -0.900. The van der Waals surface area contributed by atoms with Crippen molar-refractivity contribution in [2.45, 2.75) is 25.9 Å². The number of rotatable bonds is 5. The summed E-state index contributed by atoms with van der Waals surface area (Å²) in [4.78, 5) is 1.33. The Bertz CT molecular complexity index is 415. The number of aliphatic hydroxyl groups excluding tert-OH is 1. The molecule has 2 N–H and O–H groups in total. The van der Waals surface area contributed by atoms with Gasteiger partial charge in [0.25, 0.3) is 0 Å². The van der Waals surface area contributed by atoms with E-state index in [1.165, 1.54) is 15.0 Å². The van der Waals surface area contributed by atoms with Crippen molar-refractivity contribution in [3.63, 3.8) is 0 Å². The van der Waals surface area contributed by atoms with Crippen molar-refractivity contribution in [1.29, 1.82) is 0 Å². The van der Waals surface area contributed by atoms with E-state index in [9.17, 15) is 0 Å². The molecule has 0 radical (unpaired) electrons. The van der Waals surface area contributed by atoms with Crippen LogP contribution in [0, 0.1) is 0 Å². The zero-order chi connectivity index (χ0) is 11.4. The number of benzene rings is 1. The second-order valence-corrected chi connectivity index (χ2v) is 5.09. The lowest BCUT2D eigenvalue weighted by Gasteiger charge is -2.12. The Morgan fingerprint density at radius 3 is 2.88 bits per heavy atom. The van der Waals surface area contributed by atoms with Gasteiger partial charge in [-0.15, -0.1) is 11.3 Å². The molecule has 0 saturated carbocycles. The number of nitrogens with one attached hydrogen (secondary N) is 1. The van der Waals surface area contributed by atoms with Gasteiger partial charge in [0.15, 0.2) is 0 Å². The first-order valence-electron chi connectivity index (χ1n) is 5.65. The third kappa shape index (κ3) is 2.61. The van der Waals surface area contributed by atoms with Crippen LogP contribution in [0.15, 0.2) is 30.3 Å². The molecule has 1 aromatic carbocycles. The van der Waals surface area contributed by atoms with E-state index >= 15 is 0 Å². The lowest BCUT2D eigenvalue weighted by atomic mass is 10.2. The molecule has 0 bridgehead atoms. The summed E-state index contributed by atoms with van der Waals surface area (Å²) < 4.78 is 1.33. The lowest BCUT2D eigenvalue weighted by Crippen LogP contribution is -2.30. The van der Waals surface area contributed by atoms with Crippen LogP contribution in [-0.2, 0) is 6.54 Å². The van der Waals surface area contributed by atoms with Crippen LogP contribution < -0.4 is 5.32 Å². The average Bonchev–Trinajstić information content (AvgIpc) is 2.73. The predicted octanol–water partition coefficient (Wildman–Crippen LogP) is 2.76. The minimum atomic E-state index is 0.210. The molecule has 1 aromatic heterocycles. The van der Waals surface area contributed by atoms with Crippen LogP contribution in [0.4, 0.5) is 0 Å². The molecule has 0 saturated heterocycles. The monoisotopic (exact) mass is 235 g/mol. The second-order valence-electron chi connectivity index (χ2n) is 3.92. The first kappa shape index (κ1) is 11.6. The highest BCUT2D eigenvalue weighted by atomic mass is 32.1. The Labute approximate surface area is 99.9 Å². The van der Waals surface area contributed by atoms with E-state index in [-0.39, 0.29) is 12.6 Å². The van der Waals surface area contributed by atoms with E-state index in [1.807, 2.05) is 11.3 Å². The fourth-order valence-corrected chi connectivity index (χ4v) is 2.72. The number of hydrogen-bond acceptors (Lipinski definition) is 3. The molecule has 0 fully saturated rings. The molecule has 3 heteroatoms. The van der Waals surface area contributed by atoms with E-state index in [4.69, 9.17) is 5.11 Å². The van der Waals surface area contributed by atoms with Crippen LogP contribution in [0.1, 0.15) is 18.2 Å². The van der Waals surface area contributed by atoms with Gasteiger partial charge >= 0.3 is 0 Å². The SMILES string of the molecule is CC[C@H](CO)NCc1cc2ccccc2s1. The summed E-state index contributed by atoms with van der Waals surface area (Å²) in [6.45, 7) is 3.14. The van der Waals surface area contributed by atoms with Crippen molar-refractivity contribution < 1.29 is 5.11 Å². The van der Waals surface area contributed by atoms with Gasteiger partial charge in [0, 0.05) is 22.2 Å². The summed E-state index contributed by atoms with van der Waals surface area (Å²) in [5.41, 5.74) is 0. The van der Waals surface area contributed by atoms with E-state index < -0.39 is 0 Å². The summed E-state index contributed by atoms with van der Waals surface area (Å²) in [6.07, 6.45) is 0.960. The first-order chi connectivity index (χ1) is 7.83. The Morgan fingerprint density at radius 2 is 2.19 bits per heavy atom. The van der Waals surface area contributed by atoms with Crippen molar-refractivity contribution in [3.8, 4) is 0 Å². The summed E-state index contributed by atoms with van der Waals surface area (Å²) in [7, 11) is 0. The molecular weight excluding hydrogens is 218 g/mol. The molecular formula is C13H17NOS. The van der Waals surface area contributed by atoms with Crippen LogP contribution in [-0.4, -0.2) is 17.8 Å². The molecule has 16 heavy (non-hydrogen) atoms. The van der Waals surface area contributed by atoms with Crippen molar-refractivity contribution in [2.75, 3.05) is 6.61 Å². The summed E-state index contributed by atoms with van der Waals surface area (Å²) in [5, 5.41) is 13.7. The topological polar surface area (TPSA) is 32.3 Å². The molecule has 0 amide bonds. The minimum Gasteiger partial charge on any atom is -0.395 e. The summed E-state index contributed by atoms with van der Waals surface area (Å²) in [5.74, 6) is 0. The maximum atomic E-state index is 9.08. The van der Waals surface area contributed by atoms with Crippen molar-refractivity contribution in [1.82, 2.24) is 5.32 Å². The highest BCUT2D eigenvalue weighted by Crippen LogP contribution is 2.25. The van der Waals surface area contributed by atoms with E-state index in [0.29, 0.717) is 0 Å². The maximum Gasteiger partial charge on any atom is 0.0584 e. The van der Waals surface area contributed by atoms with Crippen LogP contribution in [0.3, 0.4) is 0 Å². The molecule has 2 nitrogen and oxygen atoms in total. The summed E-state index contributed by atoms with van der Waals surface area (Å²) >= 11 is 1.82. The first-order valence-corrected chi connectivity index (χ1v) is 6.47. The van der Waals surface area contributed by atoms with Crippen molar-refractivity contribution in [2.24, 2.45) is 0 Å². The van der Waals surface area contributed by atoms with Gasteiger partial charge in [-0.1, -0.05) is 25.1 Å². The van der Waals surface area contributed by atoms with Gasteiger partial charge in [-0.25, -0.2) is 0 Å². The zero-order valence-corrected chi connectivity index (χ0v) is 10.3. The molecule has 1 atom stereocenters. The Kier molecular flexibility index (Phi) is 3.93. The Balaban J connectivity index is 2.04. The van der Waals surface area contributed by atoms with Gasteiger partial charge in [-0.2, -0.15) is 0 Å². The van der Waals surface area contributed by atoms with Gasteiger partial charge in [0.05, 0.1) is 6.61 Å². The lowest BCUT2D eigenvalue weighted by molar-refractivity contribution is 0.238. The highest BCUT2D eigenvalue weighted by Gasteiger charge is 2.05. The Morgan fingerprint density at radius 1 is 1.38 bits per heavy atom. The third-order valence-corrected chi connectivity index (χ3v) is 3.87. The largest absolute Gasteiger partial charge is 0.395 e. The van der Waals surface area contributed by atoms with E-state index in [0.717, 1.165) is 13.0 Å². The quantitative estimate of drug-likeness (QED) is 0.835. The zero-order valence-electron chi connectivity index (χ0n) is 9.44. The molecule has 0 aliphatic heterocycles. The molecule has 86 valence electrons. The second kappa shape index (κ2) is 5.43. The van der Waals surface area contributed by atoms with Gasteiger partial charge in [0.1, 0.15) is 0 Å².